The molecule has 1 aromatic rings. The highest BCUT2D eigenvalue weighted by Crippen LogP contribution is 2.47. The maximum atomic E-state index is 12.3. The van der Waals surface area contributed by atoms with Crippen molar-refractivity contribution in [1.29, 1.82) is 0 Å². The van der Waals surface area contributed by atoms with Gasteiger partial charge in [0.05, 0.1) is 0 Å². The average molecular weight is 402 g/mol. The van der Waals surface area contributed by atoms with E-state index in [0.717, 1.165) is 24.0 Å². The van der Waals surface area contributed by atoms with Crippen molar-refractivity contribution in [2.24, 2.45) is 10.8 Å². The molecule has 3 heteroatoms. The Hall–Kier alpha value is -1.77. The molecule has 0 unspecified atom stereocenters. The number of benzene rings is 1. The van der Waals surface area contributed by atoms with Crippen molar-refractivity contribution in [3.05, 3.63) is 35.4 Å². The lowest BCUT2D eigenvalue weighted by Crippen LogP contribution is -2.28. The van der Waals surface area contributed by atoms with Gasteiger partial charge in [0, 0.05) is 22.4 Å². The van der Waals surface area contributed by atoms with Crippen molar-refractivity contribution in [2.45, 2.75) is 99.8 Å². The Morgan fingerprint density at radius 3 is 1.48 bits per heavy atom. The van der Waals surface area contributed by atoms with Gasteiger partial charge in [-0.1, -0.05) is 75.8 Å². The van der Waals surface area contributed by atoms with Crippen LogP contribution in [0.15, 0.2) is 24.3 Å². The van der Waals surface area contributed by atoms with E-state index in [-0.39, 0.29) is 27.6 Å². The van der Waals surface area contributed by atoms with Crippen LogP contribution in [0, 0.1) is 10.8 Å². The van der Waals surface area contributed by atoms with Gasteiger partial charge >= 0.3 is 0 Å². The normalized spacial score (nSPS) is 13.3. The van der Waals surface area contributed by atoms with Crippen molar-refractivity contribution in [3.8, 4) is 5.75 Å². The predicted octanol–water partition coefficient (Wildman–Crippen LogP) is 7.33. The Kier molecular flexibility index (Phi) is 7.11. The fourth-order valence-corrected chi connectivity index (χ4v) is 4.82. The monoisotopic (exact) mass is 401 g/mol. The lowest BCUT2D eigenvalue weighted by molar-refractivity contribution is -0.112. The molecule has 0 aliphatic heterocycles. The molecule has 0 fully saturated rings. The first-order chi connectivity index (χ1) is 12.8. The van der Waals surface area contributed by atoms with Crippen LogP contribution >= 0.6 is 0 Å². The minimum Gasteiger partial charge on any atom is -0.507 e. The van der Waals surface area contributed by atoms with Gasteiger partial charge in [-0.2, -0.15) is 0 Å². The zero-order valence-electron chi connectivity index (χ0n) is 20.6. The first-order valence-corrected chi connectivity index (χ1v) is 10.6. The Bertz CT molecular complexity index is 722. The number of carbonyl (C=O) groups excluding carboxylic acids is 1. The number of aromatic hydroxyl groups is 1. The van der Waals surface area contributed by atoms with E-state index in [1.54, 1.807) is 6.92 Å². The first kappa shape index (κ1) is 25.3. The smallest absolute Gasteiger partial charge is 0.250 e. The highest BCUT2D eigenvalue weighted by Gasteiger charge is 2.35. The second kappa shape index (κ2) is 8.16. The maximum absolute atomic E-state index is 12.3. The van der Waals surface area contributed by atoms with Crippen molar-refractivity contribution >= 4 is 11.6 Å². The fraction of sp³-hybridized carbons (Fsp3) is 0.654. The van der Waals surface area contributed by atoms with Crippen LogP contribution < -0.4 is 5.32 Å². The maximum Gasteiger partial charge on any atom is 0.250 e. The molecule has 2 N–H and O–H groups in total. The molecule has 0 aliphatic carbocycles. The van der Waals surface area contributed by atoms with Crippen LogP contribution in [0.5, 0.6) is 5.75 Å². The molecule has 1 amide bonds. The van der Waals surface area contributed by atoms with E-state index in [4.69, 9.17) is 0 Å². The van der Waals surface area contributed by atoms with Crippen molar-refractivity contribution < 1.29 is 9.90 Å². The molecule has 0 bridgehead atoms. The summed E-state index contributed by atoms with van der Waals surface area (Å²) in [5, 5.41) is 14.4. The molecule has 164 valence electrons. The molecule has 3 nitrogen and oxygen atoms in total. The number of hydrogen-bond acceptors (Lipinski definition) is 2. The van der Waals surface area contributed by atoms with E-state index < -0.39 is 0 Å². The molecule has 29 heavy (non-hydrogen) atoms. The lowest BCUT2D eigenvalue weighted by atomic mass is 9.68. The van der Waals surface area contributed by atoms with Gasteiger partial charge < -0.3 is 10.4 Å². The third-order valence-electron chi connectivity index (χ3n) is 5.16. The topological polar surface area (TPSA) is 49.3 Å². The molecular weight excluding hydrogens is 358 g/mol. The van der Waals surface area contributed by atoms with Crippen LogP contribution in [0.25, 0.3) is 0 Å². The van der Waals surface area contributed by atoms with Crippen LogP contribution in [0.2, 0.25) is 0 Å². The summed E-state index contributed by atoms with van der Waals surface area (Å²) in [6.45, 7) is 27.4. The van der Waals surface area contributed by atoms with Gasteiger partial charge in [0.2, 0.25) is 0 Å². The summed E-state index contributed by atoms with van der Waals surface area (Å²) in [6.07, 6.45) is 1.81. The van der Waals surface area contributed by atoms with Crippen molar-refractivity contribution in [1.82, 2.24) is 0 Å². The minimum absolute atomic E-state index is 0.105. The average Bonchev–Trinajstić information content (AvgIpc) is 2.43. The fourth-order valence-electron chi connectivity index (χ4n) is 4.82. The minimum atomic E-state index is -0.251. The van der Waals surface area contributed by atoms with Gasteiger partial charge in [-0.25, -0.2) is 0 Å². The SMILES string of the molecule is C=C(C)C(=O)Nc1cc(C(C)(C)CC(C)(C)C)c(O)c(C(C)(C)CC(C)(C)C)c1. The molecule has 0 aliphatic rings. The summed E-state index contributed by atoms with van der Waals surface area (Å²) < 4.78 is 0. The van der Waals surface area contributed by atoms with E-state index in [2.05, 4.69) is 81.1 Å². The van der Waals surface area contributed by atoms with Gasteiger partial charge in [0.15, 0.2) is 0 Å². The number of anilines is 1. The van der Waals surface area contributed by atoms with E-state index >= 15 is 0 Å². The van der Waals surface area contributed by atoms with Crippen LogP contribution in [0.3, 0.4) is 0 Å². The van der Waals surface area contributed by atoms with Crippen LogP contribution in [-0.4, -0.2) is 11.0 Å². The van der Waals surface area contributed by atoms with E-state index in [1.165, 1.54) is 0 Å². The van der Waals surface area contributed by atoms with Crippen LogP contribution in [0.1, 0.15) is 100 Å². The standard InChI is InChI=1S/C26H43NO2/c1-17(2)22(29)27-18-13-19(25(9,10)15-23(3,4)5)21(28)20(14-18)26(11,12)16-24(6,7)8/h13-14,28H,1,15-16H2,2-12H3,(H,27,29). The number of amides is 1. The first-order valence-electron chi connectivity index (χ1n) is 10.6. The molecule has 1 aromatic carbocycles. The summed E-state index contributed by atoms with van der Waals surface area (Å²) in [6, 6.07) is 3.86. The Morgan fingerprint density at radius 2 is 1.21 bits per heavy atom. The van der Waals surface area contributed by atoms with Gasteiger partial charge in [-0.3, -0.25) is 4.79 Å². The lowest BCUT2D eigenvalue weighted by Gasteiger charge is -2.37. The number of hydrogen-bond donors (Lipinski definition) is 2. The summed E-state index contributed by atoms with van der Waals surface area (Å²) in [5.74, 6) is 0.150. The Labute approximate surface area is 179 Å². The summed E-state index contributed by atoms with van der Waals surface area (Å²) in [4.78, 5) is 12.3. The Balaban J connectivity index is 3.67. The van der Waals surface area contributed by atoms with Crippen LogP contribution in [-0.2, 0) is 15.6 Å². The molecule has 0 spiro atoms. The van der Waals surface area contributed by atoms with Gasteiger partial charge in [-0.15, -0.1) is 0 Å². The number of nitrogens with one attached hydrogen (secondary N) is 1. The Morgan fingerprint density at radius 1 is 0.862 bits per heavy atom. The second-order valence-electron chi connectivity index (χ2n) is 12.4. The van der Waals surface area contributed by atoms with E-state index in [9.17, 15) is 9.90 Å². The molecule has 1 rings (SSSR count). The quantitative estimate of drug-likeness (QED) is 0.387. The third kappa shape index (κ3) is 7.21. The summed E-state index contributed by atoms with van der Waals surface area (Å²) in [7, 11) is 0. The van der Waals surface area contributed by atoms with Gasteiger partial charge in [0.1, 0.15) is 5.75 Å². The number of phenols is 1. The molecular formula is C26H43NO2. The number of phenolic OH excluding ortho intramolecular Hbond substituents is 1. The zero-order chi connectivity index (χ0) is 23.0. The van der Waals surface area contributed by atoms with E-state index in [0.29, 0.717) is 17.0 Å². The van der Waals surface area contributed by atoms with Gasteiger partial charge in [0.25, 0.3) is 5.91 Å². The largest absolute Gasteiger partial charge is 0.507 e. The molecule has 0 saturated carbocycles. The van der Waals surface area contributed by atoms with Gasteiger partial charge in [-0.05, 0) is 53.6 Å². The summed E-state index contributed by atoms with van der Waals surface area (Å²) >= 11 is 0. The molecule has 0 radical (unpaired) electrons. The molecule has 0 aromatic heterocycles. The predicted molar refractivity (Wildman–Crippen MR) is 126 cm³/mol. The third-order valence-corrected chi connectivity index (χ3v) is 5.16. The van der Waals surface area contributed by atoms with E-state index in [1.807, 2.05) is 12.1 Å². The molecule has 0 atom stereocenters. The zero-order valence-corrected chi connectivity index (χ0v) is 20.6. The van der Waals surface area contributed by atoms with Crippen LogP contribution in [0.4, 0.5) is 5.69 Å². The molecule has 0 heterocycles. The second-order valence-corrected chi connectivity index (χ2v) is 12.4. The summed E-state index contributed by atoms with van der Waals surface area (Å²) in [5.41, 5.74) is 2.64. The highest BCUT2D eigenvalue weighted by atomic mass is 16.3. The highest BCUT2D eigenvalue weighted by molar-refractivity contribution is 6.03. The van der Waals surface area contributed by atoms with Crippen molar-refractivity contribution in [2.75, 3.05) is 5.32 Å². The van der Waals surface area contributed by atoms with Crippen molar-refractivity contribution in [3.63, 3.8) is 0 Å². The number of rotatable bonds is 6. The number of carbonyl (C=O) groups is 1. The molecule has 0 saturated heterocycles.